The fourth-order valence-corrected chi connectivity index (χ4v) is 9.88. The number of rotatable bonds is 30. The van der Waals surface area contributed by atoms with E-state index >= 15 is 0 Å². The SMILES string of the molecule is CC(=O)NC(C)(C)C(=O)N[C@@H](CC(N)=O)C(=O)N[C@@H](CC(C)C)C(=O)N[C@H](C(=O)NC(C)(C)C(=O)N1CCC[C@H]1C(=O)N[C@@H](CC(C)C)C(=O)NC(C)(C)C(=O)N[C@H](C(=O)N1CCC[C@H]1C(=O)N[C@H](CO)CC(C)C)C(C)C)C(C)C. The predicted octanol–water partition coefficient (Wildman–Crippen LogP) is -0.101. The van der Waals surface area contributed by atoms with E-state index in [0.29, 0.717) is 25.7 Å². The van der Waals surface area contributed by atoms with E-state index in [2.05, 4.69) is 47.9 Å². The Morgan fingerprint density at radius 3 is 1.43 bits per heavy atom. The molecule has 0 bridgehead atoms. The van der Waals surface area contributed by atoms with Crippen molar-refractivity contribution in [2.45, 2.75) is 234 Å². The molecule has 2 aliphatic heterocycles. The highest BCUT2D eigenvalue weighted by Crippen LogP contribution is 2.25. The maximum Gasteiger partial charge on any atom is 0.248 e. The van der Waals surface area contributed by atoms with E-state index in [0.717, 1.165) is 0 Å². The Bertz CT molecular complexity index is 2280. The first-order chi connectivity index (χ1) is 37.3. The minimum atomic E-state index is -1.66. The monoisotopic (exact) mass is 1150 g/mol. The summed E-state index contributed by atoms with van der Waals surface area (Å²) in [5.41, 5.74) is 0.645. The summed E-state index contributed by atoms with van der Waals surface area (Å²) in [6.07, 6.45) is 1.72. The number of carbonyl (C=O) groups is 12. The summed E-state index contributed by atoms with van der Waals surface area (Å²) in [4.78, 5) is 166. The van der Waals surface area contributed by atoms with Crippen LogP contribution in [-0.2, 0) is 57.5 Å². The Balaban J connectivity index is 2.26. The molecule has 0 radical (unpaired) electrons. The highest BCUT2D eigenvalue weighted by molar-refractivity contribution is 6.01. The summed E-state index contributed by atoms with van der Waals surface area (Å²) in [7, 11) is 0. The van der Waals surface area contributed by atoms with Gasteiger partial charge >= 0.3 is 0 Å². The van der Waals surface area contributed by atoms with Crippen LogP contribution in [0.2, 0.25) is 0 Å². The molecule has 0 spiro atoms. The van der Waals surface area contributed by atoms with Crippen molar-refractivity contribution in [2.75, 3.05) is 19.7 Å². The van der Waals surface area contributed by atoms with Gasteiger partial charge in [0.15, 0.2) is 0 Å². The lowest BCUT2D eigenvalue weighted by molar-refractivity contribution is -0.146. The second kappa shape index (κ2) is 30.6. The largest absolute Gasteiger partial charge is 0.394 e. The zero-order valence-electron chi connectivity index (χ0n) is 51.1. The van der Waals surface area contributed by atoms with Crippen LogP contribution in [0.4, 0.5) is 0 Å². The van der Waals surface area contributed by atoms with Crippen LogP contribution >= 0.6 is 0 Å². The molecule has 0 aromatic rings. The lowest BCUT2D eigenvalue weighted by Gasteiger charge is -2.36. The summed E-state index contributed by atoms with van der Waals surface area (Å²) in [5.74, 6) is -9.33. The van der Waals surface area contributed by atoms with Crippen LogP contribution in [0.15, 0.2) is 0 Å². The molecule has 25 nitrogen and oxygen atoms in total. The first-order valence-electron chi connectivity index (χ1n) is 28.5. The van der Waals surface area contributed by atoms with Crippen molar-refractivity contribution in [2.24, 2.45) is 35.3 Å². The quantitative estimate of drug-likeness (QED) is 0.0448. The van der Waals surface area contributed by atoms with E-state index in [9.17, 15) is 62.6 Å². The second-order valence-corrected chi connectivity index (χ2v) is 25.4. The van der Waals surface area contributed by atoms with Gasteiger partial charge in [0.1, 0.15) is 58.9 Å². The second-order valence-electron chi connectivity index (χ2n) is 25.4. The average molecular weight is 1150 g/mol. The molecule has 81 heavy (non-hydrogen) atoms. The molecule has 460 valence electrons. The Labute approximate surface area is 478 Å². The number of nitrogens with zero attached hydrogens (tertiary/aromatic N) is 2. The van der Waals surface area contributed by atoms with Crippen LogP contribution in [0.25, 0.3) is 0 Å². The van der Waals surface area contributed by atoms with Gasteiger partial charge < -0.3 is 68.5 Å². The van der Waals surface area contributed by atoms with Crippen molar-refractivity contribution in [1.29, 1.82) is 0 Å². The van der Waals surface area contributed by atoms with Gasteiger partial charge in [0, 0.05) is 20.0 Å². The highest BCUT2D eigenvalue weighted by Gasteiger charge is 2.46. The van der Waals surface area contributed by atoms with Gasteiger partial charge in [-0.15, -0.1) is 0 Å². The normalized spacial score (nSPS) is 18.1. The van der Waals surface area contributed by atoms with Crippen LogP contribution in [0.5, 0.6) is 0 Å². The first-order valence-corrected chi connectivity index (χ1v) is 28.5. The van der Waals surface area contributed by atoms with E-state index in [1.807, 2.05) is 27.7 Å². The molecule has 0 saturated carbocycles. The molecule has 0 aromatic heterocycles. The number of nitrogens with two attached hydrogens (primary N) is 1. The van der Waals surface area contributed by atoms with E-state index in [-0.39, 0.29) is 62.6 Å². The van der Waals surface area contributed by atoms with Gasteiger partial charge in [-0.3, -0.25) is 57.5 Å². The fourth-order valence-electron chi connectivity index (χ4n) is 9.88. The summed E-state index contributed by atoms with van der Waals surface area (Å²) < 4.78 is 0. The van der Waals surface area contributed by atoms with Gasteiger partial charge in [0.2, 0.25) is 70.9 Å². The summed E-state index contributed by atoms with van der Waals surface area (Å²) in [6.45, 7) is 28.0. The number of likely N-dealkylation sites (tertiary alicyclic amines) is 2. The minimum absolute atomic E-state index is 0.0602. The first kappa shape index (κ1) is 70.7. The third kappa shape index (κ3) is 21.5. The molecule has 25 heteroatoms. The Morgan fingerprint density at radius 2 is 0.951 bits per heavy atom. The Morgan fingerprint density at radius 1 is 0.506 bits per heavy atom. The number of carbonyl (C=O) groups excluding carboxylic acids is 12. The summed E-state index contributed by atoms with van der Waals surface area (Å²) in [5, 5.41) is 34.0. The molecular formula is C56H98N12O13. The van der Waals surface area contributed by atoms with Crippen molar-refractivity contribution in [3.05, 3.63) is 0 Å². The van der Waals surface area contributed by atoms with Crippen molar-refractivity contribution < 1.29 is 62.6 Å². The van der Waals surface area contributed by atoms with E-state index in [1.54, 1.807) is 41.5 Å². The van der Waals surface area contributed by atoms with Crippen molar-refractivity contribution in [3.63, 3.8) is 0 Å². The molecule has 2 heterocycles. The molecule has 2 fully saturated rings. The Kier molecular flexibility index (Phi) is 26.7. The van der Waals surface area contributed by atoms with Gasteiger partial charge in [-0.05, 0) is 116 Å². The summed E-state index contributed by atoms with van der Waals surface area (Å²) in [6, 6.07) is -8.65. The molecular weight excluding hydrogens is 1050 g/mol. The van der Waals surface area contributed by atoms with E-state index in [4.69, 9.17) is 5.73 Å². The third-order valence-electron chi connectivity index (χ3n) is 14.2. The number of amides is 12. The molecule has 12 amide bonds. The number of aliphatic hydroxyl groups excluding tert-OH is 1. The van der Waals surface area contributed by atoms with Gasteiger partial charge in [0.25, 0.3) is 0 Å². The molecule has 0 unspecified atom stereocenters. The van der Waals surface area contributed by atoms with Crippen LogP contribution < -0.4 is 53.6 Å². The number of hydrogen-bond donors (Lipinski definition) is 11. The van der Waals surface area contributed by atoms with Gasteiger partial charge in [-0.25, -0.2) is 0 Å². The highest BCUT2D eigenvalue weighted by atomic mass is 16.3. The van der Waals surface area contributed by atoms with Crippen LogP contribution in [0.3, 0.4) is 0 Å². The third-order valence-corrected chi connectivity index (χ3v) is 14.2. The van der Waals surface area contributed by atoms with E-state index in [1.165, 1.54) is 58.3 Å². The molecule has 8 atom stereocenters. The number of nitrogens with one attached hydrogen (secondary N) is 9. The summed E-state index contributed by atoms with van der Waals surface area (Å²) >= 11 is 0. The molecule has 0 aliphatic carbocycles. The van der Waals surface area contributed by atoms with Crippen molar-refractivity contribution >= 4 is 70.9 Å². The Hall–Kier alpha value is -6.40. The van der Waals surface area contributed by atoms with Crippen molar-refractivity contribution in [1.82, 2.24) is 57.7 Å². The fraction of sp³-hybridized carbons (Fsp3) is 0.786. The predicted molar refractivity (Wildman–Crippen MR) is 302 cm³/mol. The molecule has 12 N–H and O–H groups in total. The lowest BCUT2D eigenvalue weighted by Crippen LogP contribution is -2.64. The number of hydrogen-bond acceptors (Lipinski definition) is 13. The number of aliphatic hydroxyl groups is 1. The number of primary amides is 1. The molecule has 0 aromatic carbocycles. The van der Waals surface area contributed by atoms with E-state index < -0.39 is 148 Å². The molecule has 2 saturated heterocycles. The molecule has 2 rings (SSSR count). The van der Waals surface area contributed by atoms with Crippen LogP contribution in [0.1, 0.15) is 169 Å². The van der Waals surface area contributed by atoms with Gasteiger partial charge in [-0.1, -0.05) is 69.2 Å². The van der Waals surface area contributed by atoms with Gasteiger partial charge in [0.05, 0.1) is 19.1 Å². The maximum absolute atomic E-state index is 14.4. The van der Waals surface area contributed by atoms with Gasteiger partial charge in [-0.2, -0.15) is 0 Å². The molecule has 2 aliphatic rings. The zero-order valence-corrected chi connectivity index (χ0v) is 51.1. The lowest BCUT2D eigenvalue weighted by atomic mass is 9.96. The van der Waals surface area contributed by atoms with Crippen LogP contribution in [-0.4, -0.2) is 170 Å². The van der Waals surface area contributed by atoms with Crippen molar-refractivity contribution in [3.8, 4) is 0 Å². The minimum Gasteiger partial charge on any atom is -0.394 e. The average Bonchev–Trinajstić information content (AvgIpc) is 4.03. The van der Waals surface area contributed by atoms with Crippen LogP contribution in [0, 0.1) is 29.6 Å². The smallest absolute Gasteiger partial charge is 0.248 e. The topological polar surface area (TPSA) is 366 Å². The zero-order chi connectivity index (χ0) is 62.2. The maximum atomic E-state index is 14.4. The standard InChI is InChI=1S/C56H98N12O13/c1-29(2)24-35(28-69)58-47(75)39-20-18-22-67(39)50(78)43(33(9)10)63-52(80)55(14,15)65-46(74)37(26-31(5)6)60-48(76)40-21-19-23-68(40)53(81)56(16,17)66-49(77)42(32(7)8)62-45(73)36(25-30(3)4)59-44(72)38(27-41(57)71)61-51(79)54(12,13)64-34(11)70/h29-33,35-40,42-43,69H,18-28H2,1-17H3,(H2,57,71)(H,58,75)(H,59,72)(H,60,76)(H,61,79)(H,62,73)(H,63,80)(H,64,70)(H,65,74)(H,66,77)/t35-,36-,37-,38-,39-,40-,42-,43-/m0/s1.